The number of aromatic nitrogens is 2. The molecule has 1 amide bonds. The normalized spacial score (nSPS) is 11.3. The van der Waals surface area contributed by atoms with Crippen molar-refractivity contribution < 1.29 is 4.79 Å². The van der Waals surface area contributed by atoms with E-state index in [1.165, 1.54) is 25.4 Å². The van der Waals surface area contributed by atoms with Crippen LogP contribution < -0.4 is 16.1 Å². The Morgan fingerprint density at radius 3 is 2.63 bits per heavy atom. The Balaban J connectivity index is 2.04. The summed E-state index contributed by atoms with van der Waals surface area (Å²) in [7, 11) is 1.63. The maximum absolute atomic E-state index is 12.9. The number of likely N-dealkylation sites (N-methyl/N-ethyl adjacent to an activating group) is 1. The van der Waals surface area contributed by atoms with E-state index in [2.05, 4.69) is 0 Å². The van der Waals surface area contributed by atoms with Gasteiger partial charge in [-0.2, -0.15) is 0 Å². The van der Waals surface area contributed by atoms with Crippen molar-refractivity contribution in [2.24, 2.45) is 5.92 Å². The second-order valence-corrected chi connectivity index (χ2v) is 8.10. The molecule has 0 N–H and O–H groups in total. The third-order valence-electron chi connectivity index (χ3n) is 4.25. The molecule has 0 aliphatic carbocycles. The van der Waals surface area contributed by atoms with Crippen molar-refractivity contribution in [3.8, 4) is 0 Å². The van der Waals surface area contributed by atoms with Gasteiger partial charge in [0, 0.05) is 24.3 Å². The summed E-state index contributed by atoms with van der Waals surface area (Å²) in [5.74, 6) is -0.146. The minimum Gasteiger partial charge on any atom is -0.314 e. The topological polar surface area (TPSA) is 64.3 Å². The second-order valence-electron chi connectivity index (χ2n) is 6.75. The lowest BCUT2D eigenvalue weighted by Crippen LogP contribution is -2.43. The summed E-state index contributed by atoms with van der Waals surface area (Å²) in [4.78, 5) is 39.8. The number of fused-ring (bicyclic) bond motifs is 1. The van der Waals surface area contributed by atoms with Gasteiger partial charge in [-0.1, -0.05) is 31.5 Å². The lowest BCUT2D eigenvalue weighted by atomic mass is 10.2. The minimum atomic E-state index is -0.465. The van der Waals surface area contributed by atoms with Crippen LogP contribution in [0.5, 0.6) is 0 Å². The molecule has 0 fully saturated rings. The van der Waals surface area contributed by atoms with Gasteiger partial charge in [0.1, 0.15) is 11.2 Å². The van der Waals surface area contributed by atoms with Crippen molar-refractivity contribution in [1.82, 2.24) is 9.13 Å². The number of carbonyl (C=O) groups is 1. The third kappa shape index (κ3) is 3.84. The van der Waals surface area contributed by atoms with Gasteiger partial charge in [0.05, 0.1) is 5.52 Å². The standard InChI is InChI=1S/C19H20ClN3O3S/c1-12(2)10-23-18(25)17-15(7-8-27-17)22(19(23)26)11-16(24)21(3)14-6-4-5-13(20)9-14/h4-9,12H,10-11H2,1-3H3. The van der Waals surface area contributed by atoms with Gasteiger partial charge >= 0.3 is 5.69 Å². The fourth-order valence-electron chi connectivity index (χ4n) is 2.88. The second kappa shape index (κ2) is 7.70. The Bertz CT molecular complexity index is 1110. The molecule has 6 nitrogen and oxygen atoms in total. The molecule has 0 aliphatic heterocycles. The number of anilines is 1. The number of benzene rings is 1. The van der Waals surface area contributed by atoms with E-state index in [0.29, 0.717) is 27.5 Å². The maximum Gasteiger partial charge on any atom is 0.332 e. The zero-order valence-corrected chi connectivity index (χ0v) is 16.9. The predicted octanol–water partition coefficient (Wildman–Crippen LogP) is 3.20. The monoisotopic (exact) mass is 405 g/mol. The van der Waals surface area contributed by atoms with Crippen LogP contribution in [-0.4, -0.2) is 22.1 Å². The zero-order valence-electron chi connectivity index (χ0n) is 15.3. The number of hydrogen-bond donors (Lipinski definition) is 0. The average molecular weight is 406 g/mol. The SMILES string of the molecule is CC(C)Cn1c(=O)c2sccc2n(CC(=O)N(C)c2cccc(Cl)c2)c1=O. The molecule has 0 radical (unpaired) electrons. The number of carbonyl (C=O) groups excluding carboxylic acids is 1. The van der Waals surface area contributed by atoms with Crippen LogP contribution in [0.4, 0.5) is 5.69 Å². The van der Waals surface area contributed by atoms with E-state index in [-0.39, 0.29) is 23.9 Å². The van der Waals surface area contributed by atoms with Crippen molar-refractivity contribution in [2.75, 3.05) is 11.9 Å². The third-order valence-corrected chi connectivity index (χ3v) is 5.37. The molecule has 27 heavy (non-hydrogen) atoms. The number of hydrogen-bond acceptors (Lipinski definition) is 4. The molecule has 0 saturated heterocycles. The van der Waals surface area contributed by atoms with Gasteiger partial charge in [0.25, 0.3) is 5.56 Å². The van der Waals surface area contributed by atoms with Crippen LogP contribution in [-0.2, 0) is 17.9 Å². The summed E-state index contributed by atoms with van der Waals surface area (Å²) in [5.41, 5.74) is 0.360. The van der Waals surface area contributed by atoms with Crippen molar-refractivity contribution in [1.29, 1.82) is 0 Å². The molecule has 1 aromatic carbocycles. The highest BCUT2D eigenvalue weighted by Gasteiger charge is 2.19. The summed E-state index contributed by atoms with van der Waals surface area (Å²) in [6.07, 6.45) is 0. The number of rotatable bonds is 5. The molecular weight excluding hydrogens is 386 g/mol. The maximum atomic E-state index is 12.9. The van der Waals surface area contributed by atoms with Gasteiger partial charge in [-0.25, -0.2) is 4.79 Å². The summed E-state index contributed by atoms with van der Waals surface area (Å²) >= 11 is 7.28. The summed E-state index contributed by atoms with van der Waals surface area (Å²) in [6.45, 7) is 4.02. The fourth-order valence-corrected chi connectivity index (χ4v) is 3.91. The van der Waals surface area contributed by atoms with E-state index in [0.717, 1.165) is 0 Å². The van der Waals surface area contributed by atoms with E-state index < -0.39 is 5.69 Å². The van der Waals surface area contributed by atoms with Crippen LogP contribution in [0.1, 0.15) is 13.8 Å². The molecule has 3 rings (SSSR count). The first-order chi connectivity index (χ1) is 12.8. The molecule has 8 heteroatoms. The number of thiophene rings is 1. The molecule has 142 valence electrons. The molecular formula is C19H20ClN3O3S. The highest BCUT2D eigenvalue weighted by molar-refractivity contribution is 7.17. The van der Waals surface area contributed by atoms with E-state index in [1.807, 2.05) is 13.8 Å². The van der Waals surface area contributed by atoms with Gasteiger partial charge in [-0.15, -0.1) is 11.3 Å². The van der Waals surface area contributed by atoms with Gasteiger partial charge in [0.15, 0.2) is 0 Å². The van der Waals surface area contributed by atoms with Crippen LogP contribution in [0.3, 0.4) is 0 Å². The van der Waals surface area contributed by atoms with Gasteiger partial charge in [0.2, 0.25) is 5.91 Å². The van der Waals surface area contributed by atoms with Crippen LogP contribution >= 0.6 is 22.9 Å². The van der Waals surface area contributed by atoms with Crippen LogP contribution in [0, 0.1) is 5.92 Å². The Morgan fingerprint density at radius 1 is 1.22 bits per heavy atom. The molecule has 3 aromatic rings. The van der Waals surface area contributed by atoms with E-state index in [1.54, 1.807) is 42.8 Å². The van der Waals surface area contributed by atoms with Crippen molar-refractivity contribution in [3.05, 3.63) is 61.6 Å². The molecule has 0 spiro atoms. The van der Waals surface area contributed by atoms with Crippen LogP contribution in [0.2, 0.25) is 5.02 Å². The highest BCUT2D eigenvalue weighted by Crippen LogP contribution is 2.20. The Kier molecular flexibility index (Phi) is 5.53. The molecule has 0 atom stereocenters. The van der Waals surface area contributed by atoms with Crippen LogP contribution in [0.15, 0.2) is 45.3 Å². The number of nitrogens with zero attached hydrogens (tertiary/aromatic N) is 3. The molecule has 0 unspecified atom stereocenters. The summed E-state index contributed by atoms with van der Waals surface area (Å²) in [6, 6.07) is 8.64. The smallest absolute Gasteiger partial charge is 0.314 e. The van der Waals surface area contributed by atoms with E-state index in [4.69, 9.17) is 11.6 Å². The van der Waals surface area contributed by atoms with E-state index in [9.17, 15) is 14.4 Å². The van der Waals surface area contributed by atoms with E-state index >= 15 is 0 Å². The predicted molar refractivity (Wildman–Crippen MR) is 110 cm³/mol. The lowest BCUT2D eigenvalue weighted by molar-refractivity contribution is -0.118. The lowest BCUT2D eigenvalue weighted by Gasteiger charge is -2.19. The minimum absolute atomic E-state index is 0.131. The quantitative estimate of drug-likeness (QED) is 0.654. The first-order valence-corrected chi connectivity index (χ1v) is 9.78. The number of amides is 1. The summed E-state index contributed by atoms with van der Waals surface area (Å²) in [5, 5.41) is 2.28. The Morgan fingerprint density at radius 2 is 1.96 bits per heavy atom. The average Bonchev–Trinajstić information content (AvgIpc) is 3.11. The summed E-state index contributed by atoms with van der Waals surface area (Å²) < 4.78 is 3.07. The number of halogens is 1. The van der Waals surface area contributed by atoms with Gasteiger partial charge in [-0.05, 0) is 35.6 Å². The highest BCUT2D eigenvalue weighted by atomic mass is 35.5. The molecule has 0 aliphatic rings. The van der Waals surface area contributed by atoms with Crippen molar-refractivity contribution in [3.63, 3.8) is 0 Å². The molecule has 0 bridgehead atoms. The van der Waals surface area contributed by atoms with Gasteiger partial charge in [-0.3, -0.25) is 18.7 Å². The Labute approximate surface area is 165 Å². The molecule has 2 aromatic heterocycles. The molecule has 0 saturated carbocycles. The van der Waals surface area contributed by atoms with Gasteiger partial charge < -0.3 is 4.90 Å². The van der Waals surface area contributed by atoms with Crippen LogP contribution in [0.25, 0.3) is 10.2 Å². The van der Waals surface area contributed by atoms with Crippen molar-refractivity contribution in [2.45, 2.75) is 26.9 Å². The first kappa shape index (κ1) is 19.4. The molecule has 2 heterocycles. The fraction of sp³-hybridized carbons (Fsp3) is 0.316. The zero-order chi connectivity index (χ0) is 19.7. The largest absolute Gasteiger partial charge is 0.332 e. The first-order valence-electron chi connectivity index (χ1n) is 8.52. The van der Waals surface area contributed by atoms with Crippen molar-refractivity contribution >= 4 is 44.7 Å². The Hall–Kier alpha value is -2.38.